The summed E-state index contributed by atoms with van der Waals surface area (Å²) in [6.45, 7) is 0. The Morgan fingerprint density at radius 2 is 1.67 bits per heavy atom. The van der Waals surface area contributed by atoms with Gasteiger partial charge in [-0.1, -0.05) is 54.1 Å². The van der Waals surface area contributed by atoms with Gasteiger partial charge >= 0.3 is 0 Å². The number of sulfonamides is 1. The molecular formula is C11H20Cl3NO2S. The molecule has 0 amide bonds. The second-order valence-electron chi connectivity index (χ2n) is 4.84. The third-order valence-corrected chi connectivity index (χ3v) is 5.16. The Balaban J connectivity index is 2.22. The molecule has 1 aliphatic carbocycles. The standard InChI is InChI=1S/C11H20Cl3NO2S/c12-11(13,14)8-4-5-9-18(16,17)15-10-6-2-1-3-7-10/h10,15H,1-9H2. The molecule has 0 saturated heterocycles. The van der Waals surface area contributed by atoms with E-state index < -0.39 is 13.8 Å². The molecule has 7 heteroatoms. The minimum Gasteiger partial charge on any atom is -0.212 e. The van der Waals surface area contributed by atoms with Crippen LogP contribution in [0, 0.1) is 0 Å². The average Bonchev–Trinajstić information content (AvgIpc) is 2.24. The normalized spacial score (nSPS) is 19.1. The second kappa shape index (κ2) is 7.53. The van der Waals surface area contributed by atoms with E-state index >= 15 is 0 Å². The van der Waals surface area contributed by atoms with Crippen LogP contribution < -0.4 is 4.72 Å². The number of alkyl halides is 3. The molecule has 0 radical (unpaired) electrons. The van der Waals surface area contributed by atoms with E-state index in [1.807, 2.05) is 0 Å². The predicted octanol–water partition coefficient (Wildman–Crippen LogP) is 3.78. The van der Waals surface area contributed by atoms with Gasteiger partial charge in [-0.2, -0.15) is 0 Å². The first kappa shape index (κ1) is 16.8. The Bertz CT molecular complexity index is 335. The molecule has 1 aliphatic rings. The van der Waals surface area contributed by atoms with Gasteiger partial charge in [0.15, 0.2) is 3.79 Å². The molecule has 0 heterocycles. The zero-order valence-corrected chi connectivity index (χ0v) is 13.4. The molecule has 18 heavy (non-hydrogen) atoms. The van der Waals surface area contributed by atoms with Crippen molar-refractivity contribution in [1.29, 1.82) is 0 Å². The Morgan fingerprint density at radius 3 is 2.22 bits per heavy atom. The largest absolute Gasteiger partial charge is 0.212 e. The maximum Gasteiger partial charge on any atom is 0.211 e. The third kappa shape index (κ3) is 8.05. The molecule has 3 nitrogen and oxygen atoms in total. The van der Waals surface area contributed by atoms with Crippen molar-refractivity contribution in [2.24, 2.45) is 0 Å². The number of hydrogen-bond donors (Lipinski definition) is 1. The van der Waals surface area contributed by atoms with Gasteiger partial charge in [-0.3, -0.25) is 0 Å². The fraction of sp³-hybridized carbons (Fsp3) is 1.00. The van der Waals surface area contributed by atoms with Gasteiger partial charge in [-0.05, 0) is 32.1 Å². The summed E-state index contributed by atoms with van der Waals surface area (Å²) < 4.78 is 25.1. The quantitative estimate of drug-likeness (QED) is 0.592. The van der Waals surface area contributed by atoms with Crippen LogP contribution in [0.5, 0.6) is 0 Å². The summed E-state index contributed by atoms with van der Waals surface area (Å²) >= 11 is 16.8. The van der Waals surface area contributed by atoms with Gasteiger partial charge in [0, 0.05) is 6.04 Å². The molecule has 1 saturated carbocycles. The number of hydrogen-bond acceptors (Lipinski definition) is 2. The summed E-state index contributed by atoms with van der Waals surface area (Å²) in [5.74, 6) is 0.115. The zero-order chi connectivity index (χ0) is 13.6. The minimum absolute atomic E-state index is 0.115. The Labute approximate surface area is 125 Å². The van der Waals surface area contributed by atoms with Crippen molar-refractivity contribution in [3.05, 3.63) is 0 Å². The summed E-state index contributed by atoms with van der Waals surface area (Å²) in [5.41, 5.74) is 0. The van der Waals surface area contributed by atoms with E-state index in [4.69, 9.17) is 34.8 Å². The van der Waals surface area contributed by atoms with E-state index in [2.05, 4.69) is 4.72 Å². The van der Waals surface area contributed by atoms with Gasteiger partial charge in [0.1, 0.15) is 0 Å². The summed E-state index contributed by atoms with van der Waals surface area (Å²) in [6, 6.07) is 0.122. The summed E-state index contributed by atoms with van der Waals surface area (Å²) in [6.07, 6.45) is 6.85. The van der Waals surface area contributed by atoms with Crippen molar-refractivity contribution >= 4 is 44.8 Å². The summed E-state index contributed by atoms with van der Waals surface area (Å²) in [5, 5.41) is 0. The third-order valence-electron chi connectivity index (χ3n) is 3.07. The highest BCUT2D eigenvalue weighted by molar-refractivity contribution is 7.89. The highest BCUT2D eigenvalue weighted by atomic mass is 35.6. The zero-order valence-electron chi connectivity index (χ0n) is 10.3. The first-order valence-electron chi connectivity index (χ1n) is 6.35. The van der Waals surface area contributed by atoms with Crippen molar-refractivity contribution in [1.82, 2.24) is 4.72 Å². The van der Waals surface area contributed by atoms with Crippen LogP contribution in [0.1, 0.15) is 51.4 Å². The molecule has 0 bridgehead atoms. The Morgan fingerprint density at radius 1 is 1.06 bits per heavy atom. The molecule has 0 unspecified atom stereocenters. The molecule has 0 aromatic carbocycles. The van der Waals surface area contributed by atoms with E-state index in [-0.39, 0.29) is 11.8 Å². The number of halogens is 3. The lowest BCUT2D eigenvalue weighted by atomic mass is 9.96. The smallest absolute Gasteiger partial charge is 0.211 e. The van der Waals surface area contributed by atoms with Gasteiger partial charge in [0.05, 0.1) is 5.75 Å². The Hall–Kier alpha value is 0.780. The molecular weight excluding hydrogens is 317 g/mol. The molecule has 1 N–H and O–H groups in total. The van der Waals surface area contributed by atoms with Gasteiger partial charge in [-0.25, -0.2) is 13.1 Å². The van der Waals surface area contributed by atoms with Crippen LogP contribution in [0.2, 0.25) is 0 Å². The summed E-state index contributed by atoms with van der Waals surface area (Å²) in [4.78, 5) is 0. The first-order valence-corrected chi connectivity index (χ1v) is 9.14. The van der Waals surface area contributed by atoms with Crippen molar-refractivity contribution in [2.45, 2.75) is 61.2 Å². The first-order chi connectivity index (χ1) is 8.29. The van der Waals surface area contributed by atoms with E-state index in [1.165, 1.54) is 6.42 Å². The fourth-order valence-electron chi connectivity index (χ4n) is 2.15. The van der Waals surface area contributed by atoms with E-state index in [0.717, 1.165) is 25.7 Å². The molecule has 0 spiro atoms. The molecule has 0 aromatic heterocycles. The highest BCUT2D eigenvalue weighted by Crippen LogP contribution is 2.31. The maximum absolute atomic E-state index is 11.8. The average molecular weight is 337 g/mol. The lowest BCUT2D eigenvalue weighted by Crippen LogP contribution is -2.37. The van der Waals surface area contributed by atoms with Crippen molar-refractivity contribution in [2.75, 3.05) is 5.75 Å². The topological polar surface area (TPSA) is 46.2 Å². The van der Waals surface area contributed by atoms with Crippen molar-refractivity contribution in [3.8, 4) is 0 Å². The number of nitrogens with one attached hydrogen (secondary N) is 1. The number of rotatable bonds is 6. The van der Waals surface area contributed by atoms with Crippen LogP contribution in [-0.2, 0) is 10.0 Å². The predicted molar refractivity (Wildman–Crippen MR) is 77.9 cm³/mol. The van der Waals surface area contributed by atoms with Crippen LogP contribution in [0.25, 0.3) is 0 Å². The Kier molecular flexibility index (Phi) is 7.04. The molecule has 0 aliphatic heterocycles. The van der Waals surface area contributed by atoms with Gasteiger partial charge < -0.3 is 0 Å². The molecule has 1 fully saturated rings. The monoisotopic (exact) mass is 335 g/mol. The molecule has 0 atom stereocenters. The van der Waals surface area contributed by atoms with Gasteiger partial charge in [0.25, 0.3) is 0 Å². The molecule has 108 valence electrons. The molecule has 1 rings (SSSR count). The highest BCUT2D eigenvalue weighted by Gasteiger charge is 2.21. The van der Waals surface area contributed by atoms with E-state index in [9.17, 15) is 8.42 Å². The van der Waals surface area contributed by atoms with Crippen molar-refractivity contribution < 1.29 is 8.42 Å². The van der Waals surface area contributed by atoms with Crippen LogP contribution in [0.15, 0.2) is 0 Å². The minimum atomic E-state index is -3.18. The lowest BCUT2D eigenvalue weighted by molar-refractivity contribution is 0.411. The van der Waals surface area contributed by atoms with Crippen LogP contribution >= 0.6 is 34.8 Å². The van der Waals surface area contributed by atoms with E-state index in [0.29, 0.717) is 19.3 Å². The summed E-state index contributed by atoms with van der Waals surface area (Å²) in [7, 11) is -3.18. The molecule has 0 aromatic rings. The number of unbranched alkanes of at least 4 members (excludes halogenated alkanes) is 1. The van der Waals surface area contributed by atoms with Gasteiger partial charge in [-0.15, -0.1) is 0 Å². The van der Waals surface area contributed by atoms with Crippen LogP contribution in [-0.4, -0.2) is 24.0 Å². The van der Waals surface area contributed by atoms with E-state index in [1.54, 1.807) is 0 Å². The lowest BCUT2D eigenvalue weighted by Gasteiger charge is -2.22. The SMILES string of the molecule is O=S(=O)(CCCCC(Cl)(Cl)Cl)NC1CCCCC1. The van der Waals surface area contributed by atoms with Gasteiger partial charge in [0.2, 0.25) is 10.0 Å². The van der Waals surface area contributed by atoms with Crippen molar-refractivity contribution in [3.63, 3.8) is 0 Å². The maximum atomic E-state index is 11.8. The van der Waals surface area contributed by atoms with Crippen LogP contribution in [0.3, 0.4) is 0 Å². The van der Waals surface area contributed by atoms with Crippen LogP contribution in [0.4, 0.5) is 0 Å². The fourth-order valence-corrected chi connectivity index (χ4v) is 4.00. The second-order valence-corrected chi connectivity index (χ2v) is 9.23.